The van der Waals surface area contributed by atoms with Crippen LogP contribution in [0.3, 0.4) is 0 Å². The third kappa shape index (κ3) is 5.50. The van der Waals surface area contributed by atoms with Crippen molar-refractivity contribution in [3.05, 3.63) is 83.4 Å². The van der Waals surface area contributed by atoms with Crippen LogP contribution in [0.25, 0.3) is 10.9 Å². The van der Waals surface area contributed by atoms with E-state index >= 15 is 0 Å². The summed E-state index contributed by atoms with van der Waals surface area (Å²) >= 11 is 6.43. The highest BCUT2D eigenvalue weighted by atomic mass is 35.5. The molecule has 0 bridgehead atoms. The Balaban J connectivity index is 1.31. The van der Waals surface area contributed by atoms with Gasteiger partial charge in [0.05, 0.1) is 16.6 Å². The summed E-state index contributed by atoms with van der Waals surface area (Å²) < 4.78 is 19.1. The number of benzene rings is 3. The Bertz CT molecular complexity index is 1380. The molecule has 1 aliphatic rings. The molecule has 0 aliphatic carbocycles. The molecule has 1 atom stereocenters. The molecular formula is C26H23ClFN5O2. The van der Waals surface area contributed by atoms with Crippen LogP contribution >= 0.6 is 11.6 Å². The number of carbonyl (C=O) groups is 1. The zero-order valence-corrected chi connectivity index (χ0v) is 19.5. The zero-order chi connectivity index (χ0) is 24.2. The fraction of sp³-hybridized carbons (Fsp3) is 0.192. The highest BCUT2D eigenvalue weighted by Crippen LogP contribution is 2.31. The Hall–Kier alpha value is -3.75. The number of hydrogen-bond donors (Lipinski definition) is 3. The van der Waals surface area contributed by atoms with E-state index in [0.717, 1.165) is 30.3 Å². The third-order valence-electron chi connectivity index (χ3n) is 5.76. The highest BCUT2D eigenvalue weighted by Gasteiger charge is 2.22. The summed E-state index contributed by atoms with van der Waals surface area (Å²) in [6, 6.07) is 16.9. The molecule has 1 aliphatic heterocycles. The predicted molar refractivity (Wildman–Crippen MR) is 135 cm³/mol. The summed E-state index contributed by atoms with van der Waals surface area (Å²) in [4.78, 5) is 21.2. The van der Waals surface area contributed by atoms with Gasteiger partial charge in [-0.25, -0.2) is 14.4 Å². The second-order valence-corrected chi connectivity index (χ2v) is 8.69. The second kappa shape index (κ2) is 10.2. The number of halogens is 2. The van der Waals surface area contributed by atoms with E-state index in [0.29, 0.717) is 33.5 Å². The summed E-state index contributed by atoms with van der Waals surface area (Å²) in [6.45, 7) is 1.06. The maximum Gasteiger partial charge on any atom is 0.241 e. The van der Waals surface area contributed by atoms with Crippen LogP contribution in [0.1, 0.15) is 18.4 Å². The zero-order valence-electron chi connectivity index (χ0n) is 18.7. The molecule has 7 nitrogen and oxygen atoms in total. The fourth-order valence-electron chi connectivity index (χ4n) is 3.99. The normalized spacial score (nSPS) is 15.2. The number of nitrogens with zero attached hydrogens (tertiary/aromatic N) is 2. The first-order valence-corrected chi connectivity index (χ1v) is 11.7. The van der Waals surface area contributed by atoms with Crippen molar-refractivity contribution < 1.29 is 13.9 Å². The Morgan fingerprint density at radius 1 is 1.11 bits per heavy atom. The fourth-order valence-corrected chi connectivity index (χ4v) is 4.23. The molecule has 1 saturated heterocycles. The van der Waals surface area contributed by atoms with E-state index in [4.69, 9.17) is 16.3 Å². The van der Waals surface area contributed by atoms with Crippen molar-refractivity contribution in [3.8, 4) is 5.75 Å². The summed E-state index contributed by atoms with van der Waals surface area (Å²) in [7, 11) is 0. The van der Waals surface area contributed by atoms with Crippen LogP contribution in [-0.2, 0) is 11.4 Å². The summed E-state index contributed by atoms with van der Waals surface area (Å²) in [5.74, 6) is 0.703. The minimum atomic E-state index is -0.313. The second-order valence-electron chi connectivity index (χ2n) is 8.28. The minimum absolute atomic E-state index is 0.0474. The van der Waals surface area contributed by atoms with E-state index in [9.17, 15) is 9.18 Å². The number of fused-ring (bicyclic) bond motifs is 1. The van der Waals surface area contributed by atoms with Gasteiger partial charge in [-0.15, -0.1) is 0 Å². The molecule has 3 N–H and O–H groups in total. The van der Waals surface area contributed by atoms with Gasteiger partial charge in [-0.2, -0.15) is 0 Å². The first-order valence-electron chi connectivity index (χ1n) is 11.3. The number of carbonyl (C=O) groups excluding carboxylic acids is 1. The van der Waals surface area contributed by atoms with E-state index in [1.807, 2.05) is 24.3 Å². The summed E-state index contributed by atoms with van der Waals surface area (Å²) in [6.07, 6.45) is 3.30. The van der Waals surface area contributed by atoms with E-state index in [1.54, 1.807) is 24.3 Å². The van der Waals surface area contributed by atoms with Crippen LogP contribution in [-0.4, -0.2) is 28.5 Å². The number of anilines is 3. The van der Waals surface area contributed by atoms with Crippen molar-refractivity contribution in [1.82, 2.24) is 15.3 Å². The quantitative estimate of drug-likeness (QED) is 0.319. The maximum atomic E-state index is 13.4. The molecule has 0 spiro atoms. The number of aromatic nitrogens is 2. The van der Waals surface area contributed by atoms with Gasteiger partial charge in [-0.05, 0) is 73.5 Å². The lowest BCUT2D eigenvalue weighted by molar-refractivity contribution is -0.117. The molecule has 1 aromatic heterocycles. The van der Waals surface area contributed by atoms with Crippen molar-refractivity contribution in [3.63, 3.8) is 0 Å². The highest BCUT2D eigenvalue weighted by molar-refractivity contribution is 6.32. The molecule has 178 valence electrons. The smallest absolute Gasteiger partial charge is 0.241 e. The van der Waals surface area contributed by atoms with Crippen molar-refractivity contribution >= 4 is 45.6 Å². The SMILES string of the molecule is O=C(Nc1ccc2ncnc(Nc3ccc(OCc4cccc(F)c4)c(Cl)c3)c2c1)C1CCCN1. The molecule has 5 rings (SSSR count). The van der Waals surface area contributed by atoms with Gasteiger partial charge in [-0.3, -0.25) is 4.79 Å². The van der Waals surface area contributed by atoms with E-state index in [-0.39, 0.29) is 24.4 Å². The minimum Gasteiger partial charge on any atom is -0.487 e. The predicted octanol–water partition coefficient (Wildman–Crippen LogP) is 5.44. The van der Waals surface area contributed by atoms with Gasteiger partial charge in [-0.1, -0.05) is 23.7 Å². The average molecular weight is 492 g/mol. The van der Waals surface area contributed by atoms with Crippen LogP contribution in [0.15, 0.2) is 67.0 Å². The largest absolute Gasteiger partial charge is 0.487 e. The van der Waals surface area contributed by atoms with Gasteiger partial charge in [0.15, 0.2) is 0 Å². The van der Waals surface area contributed by atoms with Crippen LogP contribution in [0.2, 0.25) is 5.02 Å². The molecule has 35 heavy (non-hydrogen) atoms. The number of ether oxygens (including phenoxy) is 1. The standard InChI is InChI=1S/C26H23ClFN5O2/c27-21-13-19(7-9-24(21)35-14-16-3-1-4-17(28)11-16)32-25-20-12-18(6-8-22(20)30-15-31-25)33-26(34)23-5-2-10-29-23/h1,3-4,6-9,11-13,15,23,29H,2,5,10,14H2,(H,33,34)(H,30,31,32). The van der Waals surface area contributed by atoms with Gasteiger partial charge in [0.25, 0.3) is 0 Å². The Kier molecular flexibility index (Phi) is 6.74. The van der Waals surface area contributed by atoms with E-state index < -0.39 is 0 Å². The number of amides is 1. The Labute approximate surface area is 206 Å². The van der Waals surface area contributed by atoms with Gasteiger partial charge < -0.3 is 20.7 Å². The lowest BCUT2D eigenvalue weighted by atomic mass is 10.1. The molecule has 2 heterocycles. The molecule has 4 aromatic rings. The molecule has 0 saturated carbocycles. The van der Waals surface area contributed by atoms with E-state index in [1.165, 1.54) is 18.5 Å². The molecule has 9 heteroatoms. The third-order valence-corrected chi connectivity index (χ3v) is 6.05. The van der Waals surface area contributed by atoms with Crippen LogP contribution in [0, 0.1) is 5.82 Å². The van der Waals surface area contributed by atoms with Crippen LogP contribution < -0.4 is 20.7 Å². The van der Waals surface area contributed by atoms with Crippen molar-refractivity contribution in [2.75, 3.05) is 17.2 Å². The number of hydrogen-bond acceptors (Lipinski definition) is 6. The van der Waals surface area contributed by atoms with Crippen molar-refractivity contribution in [1.29, 1.82) is 0 Å². The molecule has 3 aromatic carbocycles. The van der Waals surface area contributed by atoms with Crippen molar-refractivity contribution in [2.45, 2.75) is 25.5 Å². The molecule has 1 fully saturated rings. The molecular weight excluding hydrogens is 469 g/mol. The maximum absolute atomic E-state index is 13.4. The van der Waals surface area contributed by atoms with Gasteiger partial charge in [0.1, 0.15) is 30.3 Å². The van der Waals surface area contributed by atoms with Crippen LogP contribution in [0.5, 0.6) is 5.75 Å². The van der Waals surface area contributed by atoms with Crippen LogP contribution in [0.4, 0.5) is 21.6 Å². The first kappa shape index (κ1) is 23.0. The van der Waals surface area contributed by atoms with Gasteiger partial charge >= 0.3 is 0 Å². The molecule has 1 unspecified atom stereocenters. The molecule has 1 amide bonds. The average Bonchev–Trinajstić information content (AvgIpc) is 3.39. The number of nitrogens with one attached hydrogen (secondary N) is 3. The monoisotopic (exact) mass is 491 g/mol. The Morgan fingerprint density at radius 3 is 2.80 bits per heavy atom. The Morgan fingerprint density at radius 2 is 2.00 bits per heavy atom. The van der Waals surface area contributed by atoms with Gasteiger partial charge in [0, 0.05) is 16.8 Å². The van der Waals surface area contributed by atoms with E-state index in [2.05, 4.69) is 25.9 Å². The topological polar surface area (TPSA) is 88.2 Å². The first-order chi connectivity index (χ1) is 17.0. The summed E-state index contributed by atoms with van der Waals surface area (Å²) in [5, 5.41) is 10.6. The lowest BCUT2D eigenvalue weighted by Gasteiger charge is -2.14. The number of rotatable bonds is 7. The van der Waals surface area contributed by atoms with Crippen molar-refractivity contribution in [2.24, 2.45) is 0 Å². The lowest BCUT2D eigenvalue weighted by Crippen LogP contribution is -2.35. The summed E-state index contributed by atoms with van der Waals surface area (Å²) in [5.41, 5.74) is 2.83. The van der Waals surface area contributed by atoms with Gasteiger partial charge in [0.2, 0.25) is 5.91 Å². The molecule has 0 radical (unpaired) electrons.